The molecule has 0 N–H and O–H groups in total. The zero-order valence-electron chi connectivity index (χ0n) is 16.9. The lowest BCUT2D eigenvalue weighted by Gasteiger charge is -2.37. The second-order valence-corrected chi connectivity index (χ2v) is 9.82. The molecular formula is C25H19Cl2NO4. The van der Waals surface area contributed by atoms with Crippen LogP contribution in [0.15, 0.2) is 54.6 Å². The van der Waals surface area contributed by atoms with Crippen LogP contribution in [0.1, 0.15) is 16.8 Å². The zero-order chi connectivity index (χ0) is 22.1. The molecule has 2 aromatic rings. The molecule has 2 bridgehead atoms. The fourth-order valence-electron chi connectivity index (χ4n) is 5.80. The summed E-state index contributed by atoms with van der Waals surface area (Å²) in [6.07, 6.45) is 5.47. The number of amides is 2. The minimum absolute atomic E-state index is 0.0897. The fraction of sp³-hybridized carbons (Fsp3) is 0.320. The number of halogens is 2. The van der Waals surface area contributed by atoms with Crippen molar-refractivity contribution in [2.75, 3.05) is 11.5 Å². The van der Waals surface area contributed by atoms with Gasteiger partial charge in [0, 0.05) is 5.56 Å². The Hall–Kier alpha value is -2.63. The van der Waals surface area contributed by atoms with E-state index in [0.717, 1.165) is 6.42 Å². The van der Waals surface area contributed by atoms with Gasteiger partial charge in [0.25, 0.3) is 0 Å². The maximum absolute atomic E-state index is 13.2. The van der Waals surface area contributed by atoms with E-state index < -0.39 is 0 Å². The van der Waals surface area contributed by atoms with Crippen LogP contribution in [0, 0.1) is 35.5 Å². The van der Waals surface area contributed by atoms with E-state index >= 15 is 0 Å². The molecule has 2 amide bonds. The third kappa shape index (κ3) is 2.95. The van der Waals surface area contributed by atoms with Crippen LogP contribution in [0.2, 0.25) is 10.0 Å². The summed E-state index contributed by atoms with van der Waals surface area (Å²) in [4.78, 5) is 40.1. The largest absolute Gasteiger partial charge is 0.485 e. The van der Waals surface area contributed by atoms with Gasteiger partial charge < -0.3 is 4.74 Å². The molecule has 0 radical (unpaired) electrons. The van der Waals surface area contributed by atoms with E-state index in [1.165, 1.54) is 11.0 Å². The smallest absolute Gasteiger partial charge is 0.238 e. The van der Waals surface area contributed by atoms with Gasteiger partial charge in [0.05, 0.1) is 27.6 Å². The standard InChI is InChI=1S/C25H19Cl2NO4/c26-19-8-1-12(9-20(19)27)21(29)11-32-14-4-2-13(3-5-14)28-24(30)22-15-6-7-16(18-10-17(15)18)23(22)25(28)31/h1-9,15-18,22-23H,10-11H2/t15-,16?,17?,18-,22?,23?/m1/s1. The molecule has 5 nitrogen and oxygen atoms in total. The van der Waals surface area contributed by atoms with Gasteiger partial charge in [-0.25, -0.2) is 0 Å². The Balaban J connectivity index is 1.15. The lowest BCUT2D eigenvalue weighted by Crippen LogP contribution is -2.40. The molecule has 7 heteroatoms. The van der Waals surface area contributed by atoms with Gasteiger partial charge in [-0.15, -0.1) is 0 Å². The topological polar surface area (TPSA) is 63.7 Å². The van der Waals surface area contributed by atoms with E-state index in [4.69, 9.17) is 27.9 Å². The van der Waals surface area contributed by atoms with Gasteiger partial charge in [0.15, 0.2) is 12.4 Å². The Bertz CT molecular complexity index is 1150. The Morgan fingerprint density at radius 2 is 1.53 bits per heavy atom. The first-order valence-electron chi connectivity index (χ1n) is 10.7. The minimum Gasteiger partial charge on any atom is -0.485 e. The molecule has 1 heterocycles. The molecule has 3 fully saturated rings. The number of benzene rings is 2. The lowest BCUT2D eigenvalue weighted by atomic mass is 9.63. The number of hydrogen-bond acceptors (Lipinski definition) is 4. The summed E-state index contributed by atoms with van der Waals surface area (Å²) in [7, 11) is 0. The molecule has 4 aliphatic carbocycles. The number of carbonyl (C=O) groups excluding carboxylic acids is 3. The molecule has 32 heavy (non-hydrogen) atoms. The summed E-state index contributed by atoms with van der Waals surface area (Å²) < 4.78 is 5.60. The number of imide groups is 1. The predicted octanol–water partition coefficient (Wildman–Crippen LogP) is 4.81. The van der Waals surface area contributed by atoms with Gasteiger partial charge in [0.1, 0.15) is 5.75 Å². The number of carbonyl (C=O) groups is 3. The highest BCUT2D eigenvalue weighted by Crippen LogP contribution is 2.65. The van der Waals surface area contributed by atoms with Crippen molar-refractivity contribution in [1.82, 2.24) is 0 Å². The zero-order valence-corrected chi connectivity index (χ0v) is 18.4. The van der Waals surface area contributed by atoms with Gasteiger partial charge in [-0.3, -0.25) is 19.3 Å². The van der Waals surface area contributed by atoms with E-state index in [0.29, 0.717) is 38.9 Å². The monoisotopic (exact) mass is 467 g/mol. The summed E-state index contributed by atoms with van der Waals surface area (Å²) in [6.45, 7) is -0.166. The van der Waals surface area contributed by atoms with E-state index in [1.54, 1.807) is 36.4 Å². The number of anilines is 1. The first-order valence-corrected chi connectivity index (χ1v) is 11.5. The van der Waals surface area contributed by atoms with Crippen molar-refractivity contribution < 1.29 is 19.1 Å². The first kappa shape index (κ1) is 20.0. The second-order valence-electron chi connectivity index (χ2n) is 9.00. The molecule has 7 rings (SSSR count). The highest BCUT2D eigenvalue weighted by molar-refractivity contribution is 6.42. The SMILES string of the molecule is O=C(COc1ccc(N2C(=O)C3C(C2=O)[C@@H]2C=CC3[C@H]3CC23)cc1)c1ccc(Cl)c(Cl)c1. The molecule has 0 aromatic heterocycles. The highest BCUT2D eigenvalue weighted by Gasteiger charge is 2.67. The van der Waals surface area contributed by atoms with Crippen molar-refractivity contribution in [3.63, 3.8) is 0 Å². The number of rotatable bonds is 5. The lowest BCUT2D eigenvalue weighted by molar-refractivity contribution is -0.124. The van der Waals surface area contributed by atoms with Gasteiger partial charge in [-0.05, 0) is 72.6 Å². The Labute approximate surface area is 194 Å². The maximum Gasteiger partial charge on any atom is 0.238 e. The maximum atomic E-state index is 13.2. The van der Waals surface area contributed by atoms with Crippen LogP contribution in [-0.4, -0.2) is 24.2 Å². The molecule has 6 atom stereocenters. The number of nitrogens with zero attached hydrogens (tertiary/aromatic N) is 1. The van der Waals surface area contributed by atoms with Crippen molar-refractivity contribution in [2.45, 2.75) is 6.42 Å². The minimum atomic E-state index is -0.233. The number of hydrogen-bond donors (Lipinski definition) is 0. The summed E-state index contributed by atoms with van der Waals surface area (Å²) in [5.41, 5.74) is 0.957. The predicted molar refractivity (Wildman–Crippen MR) is 120 cm³/mol. The molecule has 0 spiro atoms. The van der Waals surface area contributed by atoms with Crippen LogP contribution in [0.4, 0.5) is 5.69 Å². The molecule has 1 aliphatic heterocycles. The van der Waals surface area contributed by atoms with E-state index in [2.05, 4.69) is 12.2 Å². The van der Waals surface area contributed by atoms with Gasteiger partial charge in [-0.2, -0.15) is 0 Å². The average Bonchev–Trinajstić information content (AvgIpc) is 3.58. The molecule has 2 aromatic carbocycles. The summed E-state index contributed by atoms with van der Waals surface area (Å²) in [6, 6.07) is 11.4. The fourth-order valence-corrected chi connectivity index (χ4v) is 6.10. The number of Topliss-reactive ketones (excluding diaryl/α,β-unsaturated/α-hetero) is 1. The molecule has 162 valence electrons. The average molecular weight is 468 g/mol. The van der Waals surface area contributed by atoms with Gasteiger partial charge in [-0.1, -0.05) is 35.4 Å². The van der Waals surface area contributed by atoms with Crippen LogP contribution in [0.5, 0.6) is 5.75 Å². The van der Waals surface area contributed by atoms with E-state index in [9.17, 15) is 14.4 Å². The molecular weight excluding hydrogens is 449 g/mol. The van der Waals surface area contributed by atoms with Crippen LogP contribution >= 0.6 is 23.2 Å². The quantitative estimate of drug-likeness (QED) is 0.359. The summed E-state index contributed by atoms with van der Waals surface area (Å²) >= 11 is 11.9. The van der Waals surface area contributed by atoms with Crippen LogP contribution in [0.3, 0.4) is 0 Å². The first-order chi connectivity index (χ1) is 15.4. The number of ketones is 1. The third-order valence-corrected chi connectivity index (χ3v) is 8.11. The van der Waals surface area contributed by atoms with Crippen molar-refractivity contribution in [1.29, 1.82) is 0 Å². The Morgan fingerprint density at radius 1 is 0.906 bits per heavy atom. The Morgan fingerprint density at radius 3 is 2.12 bits per heavy atom. The second kappa shape index (κ2) is 7.19. The summed E-state index contributed by atoms with van der Waals surface area (Å²) in [5, 5.41) is 0.690. The molecule has 2 saturated carbocycles. The third-order valence-electron chi connectivity index (χ3n) is 7.37. The van der Waals surface area contributed by atoms with E-state index in [1.807, 2.05) is 0 Å². The van der Waals surface area contributed by atoms with Crippen molar-refractivity contribution in [2.24, 2.45) is 35.5 Å². The van der Waals surface area contributed by atoms with Crippen LogP contribution in [-0.2, 0) is 9.59 Å². The van der Waals surface area contributed by atoms with Crippen molar-refractivity contribution in [3.8, 4) is 5.75 Å². The Kier molecular flexibility index (Phi) is 4.50. The number of ether oxygens (including phenoxy) is 1. The highest BCUT2D eigenvalue weighted by atomic mass is 35.5. The van der Waals surface area contributed by atoms with E-state index in [-0.39, 0.29) is 47.9 Å². The normalized spacial score (nSPS) is 31.5. The molecule has 4 unspecified atom stereocenters. The van der Waals surface area contributed by atoms with Gasteiger partial charge >= 0.3 is 0 Å². The van der Waals surface area contributed by atoms with Crippen molar-refractivity contribution >= 4 is 46.5 Å². The molecule has 5 aliphatic rings. The summed E-state index contributed by atoms with van der Waals surface area (Å²) in [5.74, 6) is 1.17. The van der Waals surface area contributed by atoms with Crippen LogP contribution < -0.4 is 9.64 Å². The number of allylic oxidation sites excluding steroid dienone is 2. The van der Waals surface area contributed by atoms with Crippen molar-refractivity contribution in [3.05, 3.63) is 70.2 Å². The molecule has 1 saturated heterocycles. The van der Waals surface area contributed by atoms with Crippen LogP contribution in [0.25, 0.3) is 0 Å². The van der Waals surface area contributed by atoms with Gasteiger partial charge in [0.2, 0.25) is 11.8 Å².